The first-order valence-corrected chi connectivity index (χ1v) is 33.3. The first-order valence-electron chi connectivity index (χ1n) is 33.3. The van der Waals surface area contributed by atoms with Crippen molar-refractivity contribution in [2.75, 3.05) is 14.7 Å². The smallest absolute Gasteiger partial charge is 0.252 e. The van der Waals surface area contributed by atoms with Crippen molar-refractivity contribution in [3.63, 3.8) is 0 Å². The van der Waals surface area contributed by atoms with E-state index in [1.165, 1.54) is 262 Å². The molecule has 6 aromatic rings. The lowest BCUT2D eigenvalue weighted by atomic mass is 9.33. The van der Waals surface area contributed by atoms with Gasteiger partial charge in [0.2, 0.25) is 0 Å². The van der Waals surface area contributed by atoms with Gasteiger partial charge >= 0.3 is 0 Å². The third-order valence-electron chi connectivity index (χ3n) is 22.4. The van der Waals surface area contributed by atoms with Crippen molar-refractivity contribution in [3.05, 3.63) is 147 Å². The number of hydrogen-bond acceptors (Lipinski definition) is 3. The summed E-state index contributed by atoms with van der Waals surface area (Å²) in [5.74, 6) is 0. The third kappa shape index (κ3) is 9.21. The summed E-state index contributed by atoms with van der Waals surface area (Å²) in [6.45, 7) is 12.7. The van der Waals surface area contributed by atoms with Gasteiger partial charge in [-0.15, -0.1) is 0 Å². The number of hydrogen-bond donors (Lipinski definition) is 0. The molecule has 8 aliphatic rings. The Kier molecular flexibility index (Phi) is 14.2. The Morgan fingerprint density at radius 1 is 0.350 bits per heavy atom. The number of benzene rings is 6. The Morgan fingerprint density at radius 3 is 1.20 bits per heavy atom. The van der Waals surface area contributed by atoms with Crippen LogP contribution in [0.3, 0.4) is 0 Å². The molecule has 6 aromatic carbocycles. The average Bonchev–Trinajstić information content (AvgIpc) is 3.90. The highest BCUT2D eigenvalue weighted by molar-refractivity contribution is 7.00. The number of anilines is 8. The molecular formula is C76H94BN3. The lowest BCUT2D eigenvalue weighted by Gasteiger charge is -2.51. The van der Waals surface area contributed by atoms with E-state index in [4.69, 9.17) is 0 Å². The van der Waals surface area contributed by atoms with Gasteiger partial charge in [-0.05, 0) is 255 Å². The first-order chi connectivity index (χ1) is 39.1. The fourth-order valence-corrected chi connectivity index (χ4v) is 17.6. The van der Waals surface area contributed by atoms with Crippen LogP contribution in [0.25, 0.3) is 0 Å². The van der Waals surface area contributed by atoms with Crippen LogP contribution in [0.1, 0.15) is 244 Å². The van der Waals surface area contributed by atoms with Crippen molar-refractivity contribution < 1.29 is 0 Å². The van der Waals surface area contributed by atoms with Gasteiger partial charge in [0, 0.05) is 50.9 Å². The Hall–Kier alpha value is -5.22. The summed E-state index contributed by atoms with van der Waals surface area (Å²) >= 11 is 0. The molecule has 1 saturated carbocycles. The third-order valence-corrected chi connectivity index (χ3v) is 22.4. The van der Waals surface area contributed by atoms with E-state index in [1.807, 2.05) is 0 Å². The zero-order valence-electron chi connectivity index (χ0n) is 50.2. The van der Waals surface area contributed by atoms with E-state index in [9.17, 15) is 0 Å². The fraction of sp³-hybridized carbons (Fsp3) is 0.526. The van der Waals surface area contributed by atoms with E-state index in [0.717, 1.165) is 0 Å². The zero-order chi connectivity index (χ0) is 54.2. The highest BCUT2D eigenvalue weighted by atomic mass is 15.3. The van der Waals surface area contributed by atoms with Crippen LogP contribution in [-0.4, -0.2) is 12.3 Å². The molecule has 1 fully saturated rings. The average molecular weight is 1060 g/mol. The van der Waals surface area contributed by atoms with Gasteiger partial charge in [0.05, 0.1) is 5.54 Å². The van der Waals surface area contributed by atoms with Gasteiger partial charge in [-0.1, -0.05) is 154 Å². The Morgan fingerprint density at radius 2 is 0.750 bits per heavy atom. The molecule has 0 radical (unpaired) electrons. The summed E-state index contributed by atoms with van der Waals surface area (Å²) < 4.78 is 0. The molecule has 0 N–H and O–H groups in total. The van der Waals surface area contributed by atoms with Crippen LogP contribution in [0.15, 0.2) is 91.0 Å². The standard InChI is InChI=1S/C76H94BN3/c1-74(2,3)61-38-41-68-65(50-61)75(4)42-26-27-43-76(75,5)80(68)64-51-71-73-72(52-64)79(63-40-37-54-29-19-11-7-13-21-31-56(54)45-63)70-49-60-35-25-17-9-15-23-33-58(60)47-67(70)77(73)66-46-57-32-22-14-8-16-24-34-59(57)48-69(66)78(71)62-39-36-53-28-18-10-6-12-20-30-55(53)44-62/h36-41,44-52H,6-35,42-43H2,1-5H3. The summed E-state index contributed by atoms with van der Waals surface area (Å²) in [4.78, 5) is 8.66. The molecular weight excluding hydrogens is 966 g/mol. The van der Waals surface area contributed by atoms with Crippen LogP contribution in [-0.2, 0) is 62.2 Å². The van der Waals surface area contributed by atoms with Gasteiger partial charge < -0.3 is 14.7 Å². The van der Waals surface area contributed by atoms with E-state index in [0.29, 0.717) is 0 Å². The second-order valence-electron chi connectivity index (χ2n) is 28.5. The van der Waals surface area contributed by atoms with Crippen molar-refractivity contribution in [1.29, 1.82) is 0 Å². The fourth-order valence-electron chi connectivity index (χ4n) is 17.6. The van der Waals surface area contributed by atoms with E-state index in [-0.39, 0.29) is 23.1 Å². The van der Waals surface area contributed by atoms with Gasteiger partial charge in [0.1, 0.15) is 0 Å². The molecule has 2 atom stereocenters. The van der Waals surface area contributed by atoms with Gasteiger partial charge in [-0.25, -0.2) is 0 Å². The maximum absolute atomic E-state index is 2.93. The van der Waals surface area contributed by atoms with Crippen molar-refractivity contribution in [2.24, 2.45) is 0 Å². The summed E-state index contributed by atoms with van der Waals surface area (Å²) in [5.41, 5.74) is 31.7. The molecule has 0 aromatic heterocycles. The molecule has 2 unspecified atom stereocenters. The van der Waals surface area contributed by atoms with E-state index < -0.39 is 0 Å². The Bertz CT molecular complexity index is 3150. The molecule has 0 amide bonds. The Labute approximate surface area is 483 Å². The van der Waals surface area contributed by atoms with Crippen molar-refractivity contribution in [2.45, 2.75) is 256 Å². The number of fused-ring (bicyclic) bond motifs is 11. The molecule has 416 valence electrons. The van der Waals surface area contributed by atoms with Crippen molar-refractivity contribution >= 4 is 68.6 Å². The number of rotatable bonds is 3. The highest BCUT2D eigenvalue weighted by Crippen LogP contribution is 2.62. The van der Waals surface area contributed by atoms with Crippen LogP contribution in [0.5, 0.6) is 0 Å². The van der Waals surface area contributed by atoms with E-state index in [2.05, 4.69) is 140 Å². The molecule has 14 rings (SSSR count). The topological polar surface area (TPSA) is 9.72 Å². The summed E-state index contributed by atoms with van der Waals surface area (Å²) in [6, 6.07) is 40.1. The maximum atomic E-state index is 2.93. The maximum Gasteiger partial charge on any atom is 0.252 e. The molecule has 0 saturated heterocycles. The van der Waals surface area contributed by atoms with E-state index in [1.54, 1.807) is 61.0 Å². The first kappa shape index (κ1) is 52.8. The molecule has 0 bridgehead atoms. The van der Waals surface area contributed by atoms with E-state index >= 15 is 0 Å². The molecule has 4 heteroatoms. The minimum Gasteiger partial charge on any atom is -0.334 e. The van der Waals surface area contributed by atoms with Crippen LogP contribution < -0.4 is 31.1 Å². The summed E-state index contributed by atoms with van der Waals surface area (Å²) in [7, 11) is 0. The van der Waals surface area contributed by atoms with Gasteiger partial charge in [-0.2, -0.15) is 0 Å². The molecule has 3 nitrogen and oxygen atoms in total. The lowest BCUT2D eigenvalue weighted by Crippen LogP contribution is -2.62. The van der Waals surface area contributed by atoms with Gasteiger partial charge in [0.25, 0.3) is 6.71 Å². The normalized spacial score (nSPS) is 23.2. The van der Waals surface area contributed by atoms with Crippen LogP contribution in [0, 0.1) is 0 Å². The summed E-state index contributed by atoms with van der Waals surface area (Å²) in [6.07, 6.45) is 41.0. The SMILES string of the molecule is CC(C)(C)c1ccc2c(c1)C1(C)CCCCC1(C)N2c1cc2c3c(c1)N(c1ccc4c(c1)CCCCCCC4)c1cc4c(cc1B3c1cc3c(cc1N2c1ccc2c(c1)CCCCCCC2)CCCCCCC3)CCCCCCC4. The van der Waals surface area contributed by atoms with Crippen LogP contribution >= 0.6 is 0 Å². The zero-order valence-corrected chi connectivity index (χ0v) is 50.2. The lowest BCUT2D eigenvalue weighted by molar-refractivity contribution is 0.195. The second-order valence-corrected chi connectivity index (χ2v) is 28.5. The molecule has 3 heterocycles. The van der Waals surface area contributed by atoms with Gasteiger partial charge in [-0.3, -0.25) is 0 Å². The molecule has 3 aliphatic heterocycles. The van der Waals surface area contributed by atoms with Crippen molar-refractivity contribution in [3.8, 4) is 0 Å². The molecule has 0 spiro atoms. The summed E-state index contributed by atoms with van der Waals surface area (Å²) in [5, 5.41) is 0. The number of aryl methyl sites for hydroxylation is 8. The monoisotopic (exact) mass is 1060 g/mol. The van der Waals surface area contributed by atoms with Crippen molar-refractivity contribution in [1.82, 2.24) is 0 Å². The second kappa shape index (κ2) is 21.5. The molecule has 5 aliphatic carbocycles. The molecule has 80 heavy (non-hydrogen) atoms. The number of nitrogens with zero attached hydrogens (tertiary/aromatic N) is 3. The van der Waals surface area contributed by atoms with Crippen LogP contribution in [0.2, 0.25) is 0 Å². The largest absolute Gasteiger partial charge is 0.334 e. The van der Waals surface area contributed by atoms with Gasteiger partial charge in [0.15, 0.2) is 0 Å². The van der Waals surface area contributed by atoms with Crippen LogP contribution in [0.4, 0.5) is 45.5 Å². The Balaban J connectivity index is 1.09. The predicted molar refractivity (Wildman–Crippen MR) is 344 cm³/mol. The predicted octanol–water partition coefficient (Wildman–Crippen LogP) is 19.0. The highest BCUT2D eigenvalue weighted by Gasteiger charge is 2.58. The quantitative estimate of drug-likeness (QED) is 0.163. The minimum atomic E-state index is -0.0931. The minimum absolute atomic E-state index is 0.0168.